The van der Waals surface area contributed by atoms with Crippen molar-refractivity contribution in [1.29, 1.82) is 5.26 Å². The van der Waals surface area contributed by atoms with Crippen molar-refractivity contribution in [2.75, 3.05) is 0 Å². The summed E-state index contributed by atoms with van der Waals surface area (Å²) < 4.78 is 0. The summed E-state index contributed by atoms with van der Waals surface area (Å²) in [4.78, 5) is 0. The molecule has 0 heterocycles. The molecule has 0 fully saturated rings. The Morgan fingerprint density at radius 3 is 2.58 bits per heavy atom. The van der Waals surface area contributed by atoms with Gasteiger partial charge in [0.05, 0.1) is 11.6 Å². The van der Waals surface area contributed by atoms with Gasteiger partial charge >= 0.3 is 0 Å². The second-order valence-electron chi connectivity index (χ2n) is 4.71. The molecule has 2 aromatic rings. The van der Waals surface area contributed by atoms with E-state index < -0.39 is 0 Å². The molecular formula is C17H16ClN. The molecular weight excluding hydrogens is 254 g/mol. The van der Waals surface area contributed by atoms with Crippen LogP contribution in [-0.2, 0) is 6.42 Å². The maximum atomic E-state index is 9.01. The summed E-state index contributed by atoms with van der Waals surface area (Å²) in [7, 11) is 0. The lowest BCUT2D eigenvalue weighted by Crippen LogP contribution is -1.90. The van der Waals surface area contributed by atoms with Gasteiger partial charge in [-0.3, -0.25) is 0 Å². The topological polar surface area (TPSA) is 23.8 Å². The predicted molar refractivity (Wildman–Crippen MR) is 80.3 cm³/mol. The molecule has 19 heavy (non-hydrogen) atoms. The number of aryl methyl sites for hydroxylation is 2. The number of hydrogen-bond donors (Lipinski definition) is 0. The molecule has 96 valence electrons. The van der Waals surface area contributed by atoms with Crippen LogP contribution in [0.3, 0.4) is 0 Å². The quantitative estimate of drug-likeness (QED) is 0.757. The van der Waals surface area contributed by atoms with Crippen molar-refractivity contribution >= 4 is 11.6 Å². The fourth-order valence-electron chi connectivity index (χ4n) is 2.20. The van der Waals surface area contributed by atoms with Gasteiger partial charge in [0.2, 0.25) is 0 Å². The molecule has 0 saturated heterocycles. The first kappa shape index (κ1) is 13.6. The fraction of sp³-hybridized carbons (Fsp3) is 0.235. The highest BCUT2D eigenvalue weighted by atomic mass is 35.5. The van der Waals surface area contributed by atoms with E-state index >= 15 is 0 Å². The zero-order valence-electron chi connectivity index (χ0n) is 11.2. The first-order chi connectivity index (χ1) is 9.15. The molecule has 0 radical (unpaired) electrons. The summed E-state index contributed by atoms with van der Waals surface area (Å²) in [6, 6.07) is 14.0. The van der Waals surface area contributed by atoms with Crippen molar-refractivity contribution in [3.63, 3.8) is 0 Å². The Balaban J connectivity index is 2.57. The molecule has 0 bridgehead atoms. The Kier molecular flexibility index (Phi) is 4.24. The minimum absolute atomic E-state index is 0.639. The van der Waals surface area contributed by atoms with Crippen LogP contribution in [0.2, 0.25) is 5.02 Å². The summed E-state index contributed by atoms with van der Waals surface area (Å²) in [5.74, 6) is 0. The third-order valence-electron chi connectivity index (χ3n) is 3.23. The zero-order chi connectivity index (χ0) is 13.8. The van der Waals surface area contributed by atoms with Crippen LogP contribution < -0.4 is 0 Å². The maximum absolute atomic E-state index is 9.01. The maximum Gasteiger partial charge on any atom is 0.0991 e. The van der Waals surface area contributed by atoms with Gasteiger partial charge in [-0.2, -0.15) is 5.26 Å². The predicted octanol–water partition coefficient (Wildman–Crippen LogP) is 5.14. The normalized spacial score (nSPS) is 10.2. The van der Waals surface area contributed by atoms with Crippen LogP contribution in [0.25, 0.3) is 11.1 Å². The second-order valence-corrected chi connectivity index (χ2v) is 5.11. The molecule has 0 aliphatic rings. The van der Waals surface area contributed by atoms with Gasteiger partial charge in [-0.25, -0.2) is 0 Å². The van der Waals surface area contributed by atoms with Crippen molar-refractivity contribution in [2.45, 2.75) is 26.7 Å². The van der Waals surface area contributed by atoms with Gasteiger partial charge in [0.15, 0.2) is 0 Å². The Bertz CT molecular complexity index is 638. The average Bonchev–Trinajstić information content (AvgIpc) is 2.42. The molecule has 0 aliphatic heterocycles. The smallest absolute Gasteiger partial charge is 0.0991 e. The molecule has 0 spiro atoms. The van der Waals surface area contributed by atoms with Crippen molar-refractivity contribution in [2.24, 2.45) is 0 Å². The van der Waals surface area contributed by atoms with Gasteiger partial charge in [0.25, 0.3) is 0 Å². The van der Waals surface area contributed by atoms with Crippen LogP contribution in [0.1, 0.15) is 30.0 Å². The Morgan fingerprint density at radius 2 is 1.89 bits per heavy atom. The highest BCUT2D eigenvalue weighted by Crippen LogP contribution is 2.32. The Labute approximate surface area is 119 Å². The van der Waals surface area contributed by atoms with Gasteiger partial charge in [-0.15, -0.1) is 0 Å². The van der Waals surface area contributed by atoms with E-state index in [2.05, 4.69) is 38.1 Å². The van der Waals surface area contributed by atoms with Crippen LogP contribution in [-0.4, -0.2) is 0 Å². The first-order valence-electron chi connectivity index (χ1n) is 6.45. The average molecular weight is 270 g/mol. The van der Waals surface area contributed by atoms with E-state index in [9.17, 15) is 0 Å². The minimum Gasteiger partial charge on any atom is -0.192 e. The van der Waals surface area contributed by atoms with Crippen molar-refractivity contribution in [3.05, 3.63) is 58.1 Å². The molecule has 0 saturated carbocycles. The molecule has 0 aromatic heterocycles. The van der Waals surface area contributed by atoms with E-state index in [0.29, 0.717) is 10.6 Å². The van der Waals surface area contributed by atoms with Crippen LogP contribution in [0, 0.1) is 18.3 Å². The van der Waals surface area contributed by atoms with Crippen LogP contribution >= 0.6 is 11.6 Å². The van der Waals surface area contributed by atoms with E-state index in [1.165, 1.54) is 11.1 Å². The lowest BCUT2D eigenvalue weighted by atomic mass is 9.95. The standard InChI is InChI=1S/C17H16ClN/c1-3-4-13-6-5-12(2)15(9-13)16-10-14(11-19)7-8-17(16)18/h5-10H,3-4H2,1-2H3. The zero-order valence-corrected chi connectivity index (χ0v) is 12.0. The largest absolute Gasteiger partial charge is 0.192 e. The summed E-state index contributed by atoms with van der Waals surface area (Å²) >= 11 is 6.28. The van der Waals surface area contributed by atoms with E-state index in [0.717, 1.165) is 24.0 Å². The van der Waals surface area contributed by atoms with E-state index in [1.807, 2.05) is 6.07 Å². The summed E-state index contributed by atoms with van der Waals surface area (Å²) in [6.45, 7) is 4.24. The number of nitriles is 1. The lowest BCUT2D eigenvalue weighted by Gasteiger charge is -2.11. The highest BCUT2D eigenvalue weighted by Gasteiger charge is 2.08. The van der Waals surface area contributed by atoms with Crippen LogP contribution in [0.4, 0.5) is 0 Å². The summed E-state index contributed by atoms with van der Waals surface area (Å²) in [6.07, 6.45) is 2.18. The third kappa shape index (κ3) is 2.97. The molecule has 0 N–H and O–H groups in total. The van der Waals surface area contributed by atoms with Crippen molar-refractivity contribution in [3.8, 4) is 17.2 Å². The Hall–Kier alpha value is -1.78. The lowest BCUT2D eigenvalue weighted by molar-refractivity contribution is 0.921. The number of nitrogens with zero attached hydrogens (tertiary/aromatic N) is 1. The number of hydrogen-bond acceptors (Lipinski definition) is 1. The first-order valence-corrected chi connectivity index (χ1v) is 6.83. The van der Waals surface area contributed by atoms with Crippen LogP contribution in [0.15, 0.2) is 36.4 Å². The molecule has 2 aromatic carbocycles. The monoisotopic (exact) mass is 269 g/mol. The fourth-order valence-corrected chi connectivity index (χ4v) is 2.42. The van der Waals surface area contributed by atoms with Gasteiger partial charge in [0.1, 0.15) is 0 Å². The molecule has 2 heteroatoms. The second kappa shape index (κ2) is 5.91. The molecule has 1 nitrogen and oxygen atoms in total. The van der Waals surface area contributed by atoms with E-state index in [4.69, 9.17) is 16.9 Å². The number of benzene rings is 2. The molecule has 0 unspecified atom stereocenters. The van der Waals surface area contributed by atoms with Crippen molar-refractivity contribution < 1.29 is 0 Å². The minimum atomic E-state index is 0.639. The Morgan fingerprint density at radius 1 is 1.11 bits per heavy atom. The SMILES string of the molecule is CCCc1ccc(C)c(-c2cc(C#N)ccc2Cl)c1. The van der Waals surface area contributed by atoms with Gasteiger partial charge in [-0.05, 0) is 48.2 Å². The third-order valence-corrected chi connectivity index (χ3v) is 3.56. The van der Waals surface area contributed by atoms with E-state index in [1.54, 1.807) is 12.1 Å². The highest BCUT2D eigenvalue weighted by molar-refractivity contribution is 6.33. The van der Waals surface area contributed by atoms with Gasteiger partial charge in [0, 0.05) is 10.6 Å². The molecule has 0 aliphatic carbocycles. The summed E-state index contributed by atoms with van der Waals surface area (Å²) in [5, 5.41) is 9.71. The van der Waals surface area contributed by atoms with E-state index in [-0.39, 0.29) is 0 Å². The molecule has 0 atom stereocenters. The molecule has 0 amide bonds. The number of halogens is 1. The van der Waals surface area contributed by atoms with Crippen LogP contribution in [0.5, 0.6) is 0 Å². The summed E-state index contributed by atoms with van der Waals surface area (Å²) in [5.41, 5.74) is 5.18. The van der Waals surface area contributed by atoms with Gasteiger partial charge < -0.3 is 0 Å². The van der Waals surface area contributed by atoms with Crippen molar-refractivity contribution in [1.82, 2.24) is 0 Å². The van der Waals surface area contributed by atoms with Gasteiger partial charge in [-0.1, -0.05) is 43.1 Å². The number of rotatable bonds is 3. The molecule has 2 rings (SSSR count).